The largest absolute Gasteiger partial charge is 0.393 e. The zero-order valence-electron chi connectivity index (χ0n) is 10.5. The molecule has 7 heteroatoms. The molecule has 1 aromatic rings. The third kappa shape index (κ3) is 4.81. The average molecular weight is 327 g/mol. The van der Waals surface area contributed by atoms with Crippen molar-refractivity contribution in [2.75, 3.05) is 26.2 Å². The molecule has 0 N–H and O–H groups in total. The fourth-order valence-electron chi connectivity index (χ4n) is 2.06. The van der Waals surface area contributed by atoms with Crippen LogP contribution in [0.2, 0.25) is 10.0 Å². The van der Waals surface area contributed by atoms with Gasteiger partial charge in [-0.25, -0.2) is 0 Å². The molecule has 0 saturated carbocycles. The Labute approximate surface area is 125 Å². The molecule has 1 radical (unpaired) electrons. The Balaban J connectivity index is 1.99. The van der Waals surface area contributed by atoms with Gasteiger partial charge in [0.1, 0.15) is 0 Å². The summed E-state index contributed by atoms with van der Waals surface area (Å²) in [6.45, 7) is 1.08. The number of halogens is 5. The van der Waals surface area contributed by atoms with Crippen LogP contribution >= 0.6 is 23.2 Å². The molecule has 1 aromatic carbocycles. The molecule has 1 atom stereocenters. The van der Waals surface area contributed by atoms with Crippen molar-refractivity contribution in [2.45, 2.75) is 12.3 Å². The van der Waals surface area contributed by atoms with E-state index in [4.69, 9.17) is 27.9 Å². The number of benzene rings is 1. The lowest BCUT2D eigenvalue weighted by molar-refractivity contribution is -0.104. The summed E-state index contributed by atoms with van der Waals surface area (Å²) in [5, 5.41) is 0.963. The highest BCUT2D eigenvalue weighted by molar-refractivity contribution is 6.34. The first-order valence-electron chi connectivity index (χ1n) is 6.04. The second kappa shape index (κ2) is 6.52. The maximum atomic E-state index is 12.2. The molecule has 0 aliphatic carbocycles. The van der Waals surface area contributed by atoms with E-state index in [1.807, 2.05) is 0 Å². The van der Waals surface area contributed by atoms with E-state index >= 15 is 0 Å². The van der Waals surface area contributed by atoms with Crippen LogP contribution in [0.1, 0.15) is 11.7 Å². The SMILES string of the molecule is FC(F)(F)[CH]CN1CCO[C@H](c2cc(Cl)cc(Cl)c2)C1. The van der Waals surface area contributed by atoms with E-state index in [1.165, 1.54) is 0 Å². The molecule has 20 heavy (non-hydrogen) atoms. The third-order valence-corrected chi connectivity index (χ3v) is 3.42. The van der Waals surface area contributed by atoms with E-state index < -0.39 is 6.18 Å². The summed E-state index contributed by atoms with van der Waals surface area (Å²) >= 11 is 11.8. The summed E-state index contributed by atoms with van der Waals surface area (Å²) in [7, 11) is 0. The van der Waals surface area contributed by atoms with Gasteiger partial charge in [-0.15, -0.1) is 0 Å². The lowest BCUT2D eigenvalue weighted by Gasteiger charge is -2.33. The fourth-order valence-corrected chi connectivity index (χ4v) is 2.61. The second-order valence-electron chi connectivity index (χ2n) is 4.57. The maximum Gasteiger partial charge on any atom is 0.393 e. The Morgan fingerprint density at radius 2 is 1.90 bits per heavy atom. The van der Waals surface area contributed by atoms with Crippen molar-refractivity contribution < 1.29 is 17.9 Å². The standard InChI is InChI=1S/C13H13Cl2F3NO/c14-10-5-9(6-11(15)7-10)12-8-19(3-4-20-12)2-1-13(16,17)18/h1,5-7,12H,2-4,8H2/t12-/m0/s1. The van der Waals surface area contributed by atoms with Gasteiger partial charge in [0.05, 0.1) is 19.1 Å². The number of alkyl halides is 3. The molecule has 2 nitrogen and oxygen atoms in total. The monoisotopic (exact) mass is 326 g/mol. The van der Waals surface area contributed by atoms with Crippen molar-refractivity contribution in [2.24, 2.45) is 0 Å². The van der Waals surface area contributed by atoms with Crippen molar-refractivity contribution in [1.82, 2.24) is 4.90 Å². The van der Waals surface area contributed by atoms with Gasteiger partial charge in [-0.2, -0.15) is 13.2 Å². The highest BCUT2D eigenvalue weighted by Gasteiger charge is 2.30. The molecule has 111 valence electrons. The van der Waals surface area contributed by atoms with Crippen LogP contribution in [0.4, 0.5) is 13.2 Å². The van der Waals surface area contributed by atoms with Crippen LogP contribution in [0.3, 0.4) is 0 Å². The van der Waals surface area contributed by atoms with Crippen molar-refractivity contribution in [3.8, 4) is 0 Å². The Morgan fingerprint density at radius 3 is 2.50 bits per heavy atom. The molecule has 0 spiro atoms. The van der Waals surface area contributed by atoms with Crippen molar-refractivity contribution in [3.63, 3.8) is 0 Å². The predicted molar refractivity (Wildman–Crippen MR) is 72.0 cm³/mol. The number of rotatable bonds is 3. The summed E-state index contributed by atoms with van der Waals surface area (Å²) in [4.78, 5) is 1.69. The van der Waals surface area contributed by atoms with E-state index in [2.05, 4.69) is 0 Å². The Kier molecular flexibility index (Phi) is 5.18. The summed E-state index contributed by atoms with van der Waals surface area (Å²) in [5.41, 5.74) is 0.777. The maximum absolute atomic E-state index is 12.2. The minimum atomic E-state index is -4.26. The van der Waals surface area contributed by atoms with Crippen LogP contribution in [0.5, 0.6) is 0 Å². The molecular weight excluding hydrogens is 314 g/mol. The van der Waals surface area contributed by atoms with Gasteiger partial charge in [-0.1, -0.05) is 23.2 Å². The zero-order chi connectivity index (χ0) is 14.8. The number of hydrogen-bond donors (Lipinski definition) is 0. The first-order valence-corrected chi connectivity index (χ1v) is 6.80. The van der Waals surface area contributed by atoms with Gasteiger partial charge in [0, 0.05) is 29.7 Å². The molecule has 1 saturated heterocycles. The fraction of sp³-hybridized carbons (Fsp3) is 0.462. The molecule has 1 heterocycles. The van der Waals surface area contributed by atoms with Crippen LogP contribution in [0.25, 0.3) is 0 Å². The topological polar surface area (TPSA) is 12.5 Å². The quantitative estimate of drug-likeness (QED) is 0.828. The second-order valence-corrected chi connectivity index (χ2v) is 5.44. The van der Waals surface area contributed by atoms with Crippen molar-refractivity contribution in [3.05, 3.63) is 40.2 Å². The van der Waals surface area contributed by atoms with Gasteiger partial charge in [0.25, 0.3) is 0 Å². The molecule has 1 aliphatic rings. The van der Waals surface area contributed by atoms with E-state index in [0.29, 0.717) is 36.2 Å². The Morgan fingerprint density at radius 1 is 1.25 bits per heavy atom. The summed E-state index contributed by atoms with van der Waals surface area (Å²) in [6, 6.07) is 5.04. The summed E-state index contributed by atoms with van der Waals surface area (Å²) in [5.74, 6) is 0. The van der Waals surface area contributed by atoms with Crippen LogP contribution in [0, 0.1) is 6.42 Å². The van der Waals surface area contributed by atoms with Crippen molar-refractivity contribution >= 4 is 23.2 Å². The lowest BCUT2D eigenvalue weighted by atomic mass is 10.1. The minimum absolute atomic E-state index is 0.141. The van der Waals surface area contributed by atoms with E-state index in [0.717, 1.165) is 5.56 Å². The highest BCUT2D eigenvalue weighted by Crippen LogP contribution is 2.28. The molecule has 0 aromatic heterocycles. The molecule has 1 aliphatic heterocycles. The summed E-state index contributed by atoms with van der Waals surface area (Å²) in [6.07, 6.45) is -4.23. The average Bonchev–Trinajstić information content (AvgIpc) is 2.35. The normalized spacial score (nSPS) is 21.1. The number of nitrogens with zero attached hydrogens (tertiary/aromatic N) is 1. The Hall–Kier alpha value is -0.490. The first kappa shape index (κ1) is 15.9. The minimum Gasteiger partial charge on any atom is -0.371 e. The van der Waals surface area contributed by atoms with Gasteiger partial charge < -0.3 is 4.74 Å². The van der Waals surface area contributed by atoms with Gasteiger partial charge in [-0.05, 0) is 23.8 Å². The molecular formula is C13H13Cl2F3NO. The lowest BCUT2D eigenvalue weighted by Crippen LogP contribution is -2.40. The van der Waals surface area contributed by atoms with Crippen LogP contribution in [-0.4, -0.2) is 37.3 Å². The molecule has 0 amide bonds. The van der Waals surface area contributed by atoms with Gasteiger partial charge in [0.15, 0.2) is 0 Å². The first-order chi connectivity index (χ1) is 9.33. The summed E-state index contributed by atoms with van der Waals surface area (Å²) < 4.78 is 42.1. The van der Waals surface area contributed by atoms with Gasteiger partial charge >= 0.3 is 6.18 Å². The molecule has 0 unspecified atom stereocenters. The van der Waals surface area contributed by atoms with Crippen molar-refractivity contribution in [1.29, 1.82) is 0 Å². The number of ether oxygens (including phenoxy) is 1. The number of hydrogen-bond acceptors (Lipinski definition) is 2. The van der Waals surface area contributed by atoms with Crippen LogP contribution in [-0.2, 0) is 4.74 Å². The molecule has 2 rings (SSSR count). The van der Waals surface area contributed by atoms with Gasteiger partial charge in [0.2, 0.25) is 0 Å². The predicted octanol–water partition coefficient (Wildman–Crippen LogP) is 4.13. The number of morpholine rings is 1. The third-order valence-electron chi connectivity index (χ3n) is 2.99. The smallest absolute Gasteiger partial charge is 0.371 e. The van der Waals surface area contributed by atoms with E-state index in [9.17, 15) is 13.2 Å². The zero-order valence-corrected chi connectivity index (χ0v) is 12.0. The molecule has 1 fully saturated rings. The Bertz CT molecular complexity index is 447. The molecule has 0 bridgehead atoms. The van der Waals surface area contributed by atoms with Crippen LogP contribution < -0.4 is 0 Å². The van der Waals surface area contributed by atoms with E-state index in [-0.39, 0.29) is 12.6 Å². The van der Waals surface area contributed by atoms with Gasteiger partial charge in [-0.3, -0.25) is 4.90 Å². The van der Waals surface area contributed by atoms with E-state index in [1.54, 1.807) is 23.1 Å². The van der Waals surface area contributed by atoms with Crippen LogP contribution in [0.15, 0.2) is 18.2 Å². The highest BCUT2D eigenvalue weighted by atomic mass is 35.5.